The van der Waals surface area contributed by atoms with E-state index in [0.717, 1.165) is 6.54 Å². The smallest absolute Gasteiger partial charge is 0.0194 e. The first kappa shape index (κ1) is 11.0. The lowest BCUT2D eigenvalue weighted by atomic mass is 10.1. The first-order valence-electron chi connectivity index (χ1n) is 5.79. The summed E-state index contributed by atoms with van der Waals surface area (Å²) in [6.07, 6.45) is 6.66. The van der Waals surface area contributed by atoms with Gasteiger partial charge in [-0.1, -0.05) is 19.8 Å². The molecule has 1 aliphatic heterocycles. The maximum absolute atomic E-state index is 3.70. The van der Waals surface area contributed by atoms with E-state index >= 15 is 0 Å². The molecular formula is C11H24N2. The van der Waals surface area contributed by atoms with Crippen molar-refractivity contribution in [1.82, 2.24) is 10.6 Å². The molecule has 1 aliphatic rings. The van der Waals surface area contributed by atoms with E-state index in [1.54, 1.807) is 0 Å². The quantitative estimate of drug-likeness (QED) is 0.697. The fourth-order valence-electron chi connectivity index (χ4n) is 2.08. The molecule has 1 fully saturated rings. The zero-order chi connectivity index (χ0) is 9.52. The van der Waals surface area contributed by atoms with Crippen LogP contribution in [0.4, 0.5) is 0 Å². The van der Waals surface area contributed by atoms with E-state index in [2.05, 4.69) is 24.5 Å². The van der Waals surface area contributed by atoms with Crippen LogP contribution in [0.5, 0.6) is 0 Å². The van der Waals surface area contributed by atoms with Gasteiger partial charge in [0.25, 0.3) is 0 Å². The van der Waals surface area contributed by atoms with Crippen molar-refractivity contribution in [3.8, 4) is 0 Å². The average Bonchev–Trinajstić information content (AvgIpc) is 2.33. The third kappa shape index (κ3) is 4.63. The minimum Gasteiger partial charge on any atom is -0.315 e. The van der Waals surface area contributed by atoms with E-state index in [1.807, 2.05) is 0 Å². The number of nitrogens with one attached hydrogen (secondary N) is 2. The Balaban J connectivity index is 2.17. The lowest BCUT2D eigenvalue weighted by Crippen LogP contribution is -2.41. The van der Waals surface area contributed by atoms with Crippen LogP contribution in [0, 0.1) is 0 Å². The SMILES string of the molecule is CCCC(C)NC1CCCCNC1. The fraction of sp³-hybridized carbons (Fsp3) is 1.00. The second-order valence-corrected chi connectivity index (χ2v) is 4.25. The van der Waals surface area contributed by atoms with Crippen LogP contribution >= 0.6 is 0 Å². The highest BCUT2D eigenvalue weighted by molar-refractivity contribution is 4.76. The molecule has 0 saturated carbocycles. The average molecular weight is 184 g/mol. The van der Waals surface area contributed by atoms with Crippen LogP contribution in [0.25, 0.3) is 0 Å². The first-order chi connectivity index (χ1) is 6.33. The Bertz CT molecular complexity index is 117. The van der Waals surface area contributed by atoms with Crippen molar-refractivity contribution in [1.29, 1.82) is 0 Å². The van der Waals surface area contributed by atoms with Crippen molar-refractivity contribution in [3.63, 3.8) is 0 Å². The normalized spacial score (nSPS) is 26.8. The summed E-state index contributed by atoms with van der Waals surface area (Å²) in [5.41, 5.74) is 0. The Kier molecular flexibility index (Phi) is 5.40. The summed E-state index contributed by atoms with van der Waals surface area (Å²) in [4.78, 5) is 0. The monoisotopic (exact) mass is 184 g/mol. The van der Waals surface area contributed by atoms with Crippen molar-refractivity contribution in [2.24, 2.45) is 0 Å². The van der Waals surface area contributed by atoms with Gasteiger partial charge in [-0.3, -0.25) is 0 Å². The molecule has 0 aromatic heterocycles. The number of rotatable bonds is 4. The van der Waals surface area contributed by atoms with E-state index in [-0.39, 0.29) is 0 Å². The molecule has 2 atom stereocenters. The minimum absolute atomic E-state index is 0.690. The third-order valence-corrected chi connectivity index (χ3v) is 2.79. The van der Waals surface area contributed by atoms with Crippen LogP contribution in [0.3, 0.4) is 0 Å². The van der Waals surface area contributed by atoms with E-state index < -0.39 is 0 Å². The van der Waals surface area contributed by atoms with E-state index in [1.165, 1.54) is 38.6 Å². The van der Waals surface area contributed by atoms with E-state index in [4.69, 9.17) is 0 Å². The van der Waals surface area contributed by atoms with Crippen molar-refractivity contribution < 1.29 is 0 Å². The maximum atomic E-state index is 3.70. The molecular weight excluding hydrogens is 160 g/mol. The van der Waals surface area contributed by atoms with Gasteiger partial charge in [0.15, 0.2) is 0 Å². The molecule has 2 heteroatoms. The minimum atomic E-state index is 0.690. The molecule has 0 aliphatic carbocycles. The summed E-state index contributed by atoms with van der Waals surface area (Å²) < 4.78 is 0. The molecule has 1 saturated heterocycles. The summed E-state index contributed by atoms with van der Waals surface area (Å²) in [5, 5.41) is 7.18. The predicted octanol–water partition coefficient (Wildman–Crippen LogP) is 1.91. The van der Waals surface area contributed by atoms with E-state index in [9.17, 15) is 0 Å². The molecule has 0 bridgehead atoms. The molecule has 2 unspecified atom stereocenters. The Hall–Kier alpha value is -0.0800. The van der Waals surface area contributed by atoms with E-state index in [0.29, 0.717) is 12.1 Å². The van der Waals surface area contributed by atoms with Gasteiger partial charge in [-0.2, -0.15) is 0 Å². The fourth-order valence-corrected chi connectivity index (χ4v) is 2.08. The summed E-state index contributed by atoms with van der Waals surface area (Å²) in [6.45, 7) is 6.92. The van der Waals surface area contributed by atoms with Gasteiger partial charge < -0.3 is 10.6 Å². The Labute approximate surface area is 82.5 Å². The third-order valence-electron chi connectivity index (χ3n) is 2.79. The Morgan fingerprint density at radius 1 is 1.46 bits per heavy atom. The Morgan fingerprint density at radius 3 is 3.08 bits per heavy atom. The highest BCUT2D eigenvalue weighted by Crippen LogP contribution is 2.06. The summed E-state index contributed by atoms with van der Waals surface area (Å²) >= 11 is 0. The van der Waals surface area contributed by atoms with Crippen molar-refractivity contribution in [3.05, 3.63) is 0 Å². The van der Waals surface area contributed by atoms with Gasteiger partial charge in [0.1, 0.15) is 0 Å². The van der Waals surface area contributed by atoms with Gasteiger partial charge >= 0.3 is 0 Å². The largest absolute Gasteiger partial charge is 0.315 e. The lowest BCUT2D eigenvalue weighted by Gasteiger charge is -2.21. The van der Waals surface area contributed by atoms with Gasteiger partial charge in [0.2, 0.25) is 0 Å². The zero-order valence-corrected chi connectivity index (χ0v) is 9.10. The molecule has 1 heterocycles. The highest BCUT2D eigenvalue weighted by Gasteiger charge is 2.13. The first-order valence-corrected chi connectivity index (χ1v) is 5.79. The molecule has 0 spiro atoms. The summed E-state index contributed by atoms with van der Waals surface area (Å²) in [5.74, 6) is 0. The van der Waals surface area contributed by atoms with Crippen molar-refractivity contribution in [2.45, 2.75) is 58.0 Å². The van der Waals surface area contributed by atoms with Crippen LogP contribution in [0.2, 0.25) is 0 Å². The lowest BCUT2D eigenvalue weighted by molar-refractivity contribution is 0.403. The van der Waals surface area contributed by atoms with Gasteiger partial charge in [-0.25, -0.2) is 0 Å². The molecule has 2 N–H and O–H groups in total. The summed E-state index contributed by atoms with van der Waals surface area (Å²) in [7, 11) is 0. The molecule has 13 heavy (non-hydrogen) atoms. The van der Waals surface area contributed by atoms with Crippen LogP contribution in [0.15, 0.2) is 0 Å². The maximum Gasteiger partial charge on any atom is 0.0194 e. The zero-order valence-electron chi connectivity index (χ0n) is 9.10. The highest BCUT2D eigenvalue weighted by atomic mass is 15.0. The molecule has 0 aromatic rings. The summed E-state index contributed by atoms with van der Waals surface area (Å²) in [6, 6.07) is 1.40. The topological polar surface area (TPSA) is 24.1 Å². The standard InChI is InChI=1S/C11H24N2/c1-3-6-10(2)13-11-7-4-5-8-12-9-11/h10-13H,3-9H2,1-2H3. The molecule has 2 nitrogen and oxygen atoms in total. The number of hydrogen-bond donors (Lipinski definition) is 2. The van der Waals surface area contributed by atoms with Gasteiger partial charge in [-0.05, 0) is 32.7 Å². The van der Waals surface area contributed by atoms with Gasteiger partial charge in [0.05, 0.1) is 0 Å². The predicted molar refractivity (Wildman–Crippen MR) is 58.0 cm³/mol. The molecule has 0 aromatic carbocycles. The van der Waals surface area contributed by atoms with Crippen molar-refractivity contribution >= 4 is 0 Å². The second kappa shape index (κ2) is 6.39. The molecule has 0 radical (unpaired) electrons. The number of hydrogen-bond acceptors (Lipinski definition) is 2. The van der Waals surface area contributed by atoms with Crippen LogP contribution < -0.4 is 10.6 Å². The van der Waals surface area contributed by atoms with Crippen molar-refractivity contribution in [2.75, 3.05) is 13.1 Å². The van der Waals surface area contributed by atoms with Crippen LogP contribution in [-0.4, -0.2) is 25.2 Å². The van der Waals surface area contributed by atoms with Crippen LogP contribution in [-0.2, 0) is 0 Å². The molecule has 78 valence electrons. The Morgan fingerprint density at radius 2 is 2.31 bits per heavy atom. The van der Waals surface area contributed by atoms with Gasteiger partial charge in [-0.15, -0.1) is 0 Å². The van der Waals surface area contributed by atoms with Gasteiger partial charge in [0, 0.05) is 18.6 Å². The second-order valence-electron chi connectivity index (χ2n) is 4.25. The van der Waals surface area contributed by atoms with Crippen LogP contribution in [0.1, 0.15) is 46.0 Å². The molecule has 1 rings (SSSR count). The molecule has 0 amide bonds.